The van der Waals surface area contributed by atoms with Gasteiger partial charge < -0.3 is 0 Å². The fraction of sp³-hybridized carbons (Fsp3) is 0.167. The standard InChI is InChI=1S/C12H10F/c13-12-8-6-11(7-9-12)10-4-2-1-3-5-10/h1-5,8-9,11H,6H2/t11-/m1/s1. The van der Waals surface area contributed by atoms with E-state index in [0.29, 0.717) is 6.42 Å². The van der Waals surface area contributed by atoms with E-state index in [2.05, 4.69) is 6.08 Å². The lowest BCUT2D eigenvalue weighted by atomic mass is 9.92. The molecule has 0 aromatic heterocycles. The van der Waals surface area contributed by atoms with E-state index in [9.17, 15) is 4.39 Å². The van der Waals surface area contributed by atoms with E-state index in [-0.39, 0.29) is 11.7 Å². The van der Waals surface area contributed by atoms with E-state index in [1.807, 2.05) is 30.3 Å². The van der Waals surface area contributed by atoms with Gasteiger partial charge in [0.2, 0.25) is 0 Å². The van der Waals surface area contributed by atoms with Gasteiger partial charge in [-0.2, -0.15) is 0 Å². The Balaban J connectivity index is 2.18. The van der Waals surface area contributed by atoms with Gasteiger partial charge in [-0.1, -0.05) is 30.3 Å². The minimum absolute atomic E-state index is 0.174. The van der Waals surface area contributed by atoms with Crippen molar-refractivity contribution in [2.75, 3.05) is 0 Å². The molecule has 0 unspecified atom stereocenters. The predicted molar refractivity (Wildman–Crippen MR) is 50.8 cm³/mol. The van der Waals surface area contributed by atoms with Crippen molar-refractivity contribution >= 4 is 0 Å². The molecule has 0 heterocycles. The van der Waals surface area contributed by atoms with Crippen LogP contribution in [0, 0.1) is 6.08 Å². The molecule has 1 aliphatic rings. The van der Waals surface area contributed by atoms with Gasteiger partial charge in [0.1, 0.15) is 5.83 Å². The summed E-state index contributed by atoms with van der Waals surface area (Å²) in [6.45, 7) is 0. The van der Waals surface area contributed by atoms with Crippen molar-refractivity contribution in [2.24, 2.45) is 0 Å². The van der Waals surface area contributed by atoms with Crippen molar-refractivity contribution in [3.05, 3.63) is 60.0 Å². The van der Waals surface area contributed by atoms with Crippen LogP contribution < -0.4 is 0 Å². The first-order chi connectivity index (χ1) is 6.36. The molecule has 0 saturated carbocycles. The zero-order valence-corrected chi connectivity index (χ0v) is 7.20. The number of hydrogen-bond acceptors (Lipinski definition) is 0. The van der Waals surface area contributed by atoms with Gasteiger partial charge >= 0.3 is 0 Å². The lowest BCUT2D eigenvalue weighted by Gasteiger charge is -2.12. The number of rotatable bonds is 1. The van der Waals surface area contributed by atoms with Crippen LogP contribution in [-0.2, 0) is 0 Å². The summed E-state index contributed by atoms with van der Waals surface area (Å²) < 4.78 is 12.6. The van der Waals surface area contributed by atoms with E-state index in [1.165, 1.54) is 11.6 Å². The number of halogens is 1. The molecule has 0 nitrogen and oxygen atoms in total. The van der Waals surface area contributed by atoms with Crippen molar-refractivity contribution in [2.45, 2.75) is 12.3 Å². The Hall–Kier alpha value is -1.37. The minimum atomic E-state index is -0.174. The summed E-state index contributed by atoms with van der Waals surface area (Å²) in [5, 5.41) is 0. The molecule has 1 atom stereocenters. The van der Waals surface area contributed by atoms with E-state index in [4.69, 9.17) is 0 Å². The summed E-state index contributed by atoms with van der Waals surface area (Å²) in [5.41, 5.74) is 1.20. The fourth-order valence-electron chi connectivity index (χ4n) is 1.46. The summed E-state index contributed by atoms with van der Waals surface area (Å²) in [6, 6.07) is 10.1. The third kappa shape index (κ3) is 1.86. The smallest absolute Gasteiger partial charge is 0.119 e. The molecular formula is C12H10F. The Kier molecular flexibility index (Phi) is 2.26. The maximum absolute atomic E-state index is 12.6. The van der Waals surface area contributed by atoms with Gasteiger partial charge in [0, 0.05) is 5.92 Å². The zero-order valence-electron chi connectivity index (χ0n) is 7.20. The number of hydrogen-bond donors (Lipinski definition) is 0. The highest BCUT2D eigenvalue weighted by atomic mass is 19.1. The molecule has 1 aromatic rings. The topological polar surface area (TPSA) is 0 Å². The molecule has 1 aliphatic carbocycles. The second-order valence-corrected chi connectivity index (χ2v) is 3.10. The van der Waals surface area contributed by atoms with Crippen LogP contribution in [-0.4, -0.2) is 0 Å². The molecule has 0 fully saturated rings. The Morgan fingerprint density at radius 3 is 2.62 bits per heavy atom. The van der Waals surface area contributed by atoms with Crippen molar-refractivity contribution in [1.82, 2.24) is 0 Å². The quantitative estimate of drug-likeness (QED) is 0.610. The molecular weight excluding hydrogens is 163 g/mol. The molecule has 2 rings (SSSR count). The maximum Gasteiger partial charge on any atom is 0.119 e. The molecule has 1 heteroatoms. The van der Waals surface area contributed by atoms with Crippen molar-refractivity contribution in [1.29, 1.82) is 0 Å². The van der Waals surface area contributed by atoms with Crippen LogP contribution in [0.2, 0.25) is 0 Å². The average Bonchev–Trinajstić information content (AvgIpc) is 2.20. The Morgan fingerprint density at radius 1 is 1.23 bits per heavy atom. The molecule has 1 aromatic carbocycles. The third-order valence-corrected chi connectivity index (χ3v) is 2.17. The van der Waals surface area contributed by atoms with Crippen LogP contribution in [0.4, 0.5) is 4.39 Å². The average molecular weight is 173 g/mol. The highest BCUT2D eigenvalue weighted by Gasteiger charge is 2.10. The van der Waals surface area contributed by atoms with Crippen LogP contribution >= 0.6 is 0 Å². The molecule has 0 aliphatic heterocycles. The van der Waals surface area contributed by atoms with Gasteiger partial charge in [0.15, 0.2) is 0 Å². The Morgan fingerprint density at radius 2 is 2.00 bits per heavy atom. The summed E-state index contributed by atoms with van der Waals surface area (Å²) >= 11 is 0. The van der Waals surface area contributed by atoms with Crippen LogP contribution in [0.15, 0.2) is 48.3 Å². The van der Waals surface area contributed by atoms with E-state index in [1.54, 1.807) is 6.08 Å². The second-order valence-electron chi connectivity index (χ2n) is 3.10. The van der Waals surface area contributed by atoms with Crippen molar-refractivity contribution in [3.63, 3.8) is 0 Å². The van der Waals surface area contributed by atoms with Gasteiger partial charge in [-0.25, -0.2) is 4.39 Å². The molecule has 0 N–H and O–H groups in total. The Bertz CT molecular complexity index is 335. The molecule has 65 valence electrons. The van der Waals surface area contributed by atoms with E-state index in [0.717, 1.165) is 0 Å². The monoisotopic (exact) mass is 173 g/mol. The van der Waals surface area contributed by atoms with Gasteiger partial charge in [-0.3, -0.25) is 0 Å². The third-order valence-electron chi connectivity index (χ3n) is 2.17. The van der Waals surface area contributed by atoms with Gasteiger partial charge in [-0.05, 0) is 30.2 Å². The first-order valence-corrected chi connectivity index (χ1v) is 4.36. The number of allylic oxidation sites excluding steroid dienone is 4. The lowest BCUT2D eigenvalue weighted by Crippen LogP contribution is -1.97. The van der Waals surface area contributed by atoms with E-state index >= 15 is 0 Å². The Labute approximate surface area is 77.4 Å². The van der Waals surface area contributed by atoms with Crippen LogP contribution in [0.25, 0.3) is 0 Å². The van der Waals surface area contributed by atoms with Gasteiger partial charge in [0.25, 0.3) is 0 Å². The second kappa shape index (κ2) is 3.56. The first kappa shape index (κ1) is 8.24. The highest BCUT2D eigenvalue weighted by molar-refractivity contribution is 5.27. The lowest BCUT2D eigenvalue weighted by molar-refractivity contribution is 0.639. The largest absolute Gasteiger partial charge is 0.207 e. The molecule has 13 heavy (non-hydrogen) atoms. The first-order valence-electron chi connectivity index (χ1n) is 4.36. The van der Waals surface area contributed by atoms with Crippen molar-refractivity contribution in [3.8, 4) is 0 Å². The zero-order chi connectivity index (χ0) is 9.10. The predicted octanol–water partition coefficient (Wildman–Crippen LogP) is 3.39. The van der Waals surface area contributed by atoms with Gasteiger partial charge in [0.05, 0.1) is 0 Å². The summed E-state index contributed by atoms with van der Waals surface area (Å²) in [6.07, 6.45) is 6.75. The number of benzene rings is 1. The molecule has 0 saturated heterocycles. The highest BCUT2D eigenvalue weighted by Crippen LogP contribution is 2.25. The fourth-order valence-corrected chi connectivity index (χ4v) is 1.46. The SMILES string of the molecule is FC1=CC[C@@H](c2ccccc2)[C]=C1. The summed E-state index contributed by atoms with van der Waals surface area (Å²) in [5.74, 6) is 0.0490. The molecule has 1 radical (unpaired) electrons. The van der Waals surface area contributed by atoms with E-state index < -0.39 is 0 Å². The molecule has 0 bridgehead atoms. The van der Waals surface area contributed by atoms with Crippen LogP contribution in [0.5, 0.6) is 0 Å². The summed E-state index contributed by atoms with van der Waals surface area (Å²) in [7, 11) is 0. The molecule has 0 spiro atoms. The normalized spacial score (nSPS) is 21.3. The minimum Gasteiger partial charge on any atom is -0.207 e. The van der Waals surface area contributed by atoms with Crippen LogP contribution in [0.3, 0.4) is 0 Å². The molecule has 0 amide bonds. The van der Waals surface area contributed by atoms with Gasteiger partial charge in [-0.15, -0.1) is 0 Å². The van der Waals surface area contributed by atoms with Crippen LogP contribution in [0.1, 0.15) is 17.9 Å². The maximum atomic E-state index is 12.6. The van der Waals surface area contributed by atoms with Crippen molar-refractivity contribution < 1.29 is 4.39 Å². The summed E-state index contributed by atoms with van der Waals surface area (Å²) in [4.78, 5) is 0.